The molecule has 1 amide bonds. The standard InChI is InChI=1S/C12H17N3O3/c1-8-5-9(15-14-8)11(18)13-7-12(3-2-4-12)6-10(16)17/h5H,2-4,6-7H2,1H3,(H,13,18)(H,14,15)(H,16,17). The van der Waals surface area contributed by atoms with Crippen molar-refractivity contribution in [2.45, 2.75) is 32.6 Å². The van der Waals surface area contributed by atoms with Gasteiger partial charge in [0.2, 0.25) is 0 Å². The molecule has 0 spiro atoms. The van der Waals surface area contributed by atoms with Gasteiger partial charge in [0.25, 0.3) is 5.91 Å². The van der Waals surface area contributed by atoms with Crippen LogP contribution < -0.4 is 5.32 Å². The molecule has 98 valence electrons. The van der Waals surface area contributed by atoms with E-state index < -0.39 is 5.97 Å². The molecule has 1 aromatic heterocycles. The molecule has 0 radical (unpaired) electrons. The Balaban J connectivity index is 1.90. The Hall–Kier alpha value is -1.85. The zero-order chi connectivity index (χ0) is 13.2. The van der Waals surface area contributed by atoms with E-state index in [-0.39, 0.29) is 17.7 Å². The molecule has 18 heavy (non-hydrogen) atoms. The van der Waals surface area contributed by atoms with Crippen LogP contribution in [0.2, 0.25) is 0 Å². The summed E-state index contributed by atoms with van der Waals surface area (Å²) in [6, 6.07) is 1.67. The van der Waals surface area contributed by atoms with E-state index in [1.54, 1.807) is 6.07 Å². The fraction of sp³-hybridized carbons (Fsp3) is 0.583. The average molecular weight is 251 g/mol. The van der Waals surface area contributed by atoms with Crippen molar-refractivity contribution in [1.29, 1.82) is 0 Å². The second-order valence-corrected chi connectivity index (χ2v) is 5.04. The molecular weight excluding hydrogens is 234 g/mol. The number of amides is 1. The highest BCUT2D eigenvalue weighted by atomic mass is 16.4. The number of nitrogens with zero attached hydrogens (tertiary/aromatic N) is 1. The van der Waals surface area contributed by atoms with Gasteiger partial charge in [0.05, 0.1) is 6.42 Å². The van der Waals surface area contributed by atoms with Gasteiger partial charge >= 0.3 is 5.97 Å². The van der Waals surface area contributed by atoms with Crippen LogP contribution in [-0.4, -0.2) is 33.7 Å². The molecule has 6 heteroatoms. The Morgan fingerprint density at radius 3 is 2.72 bits per heavy atom. The number of nitrogens with one attached hydrogen (secondary N) is 2. The summed E-state index contributed by atoms with van der Waals surface area (Å²) in [7, 11) is 0. The molecule has 0 aromatic carbocycles. The minimum atomic E-state index is -0.806. The van der Waals surface area contributed by atoms with E-state index in [2.05, 4.69) is 15.5 Å². The zero-order valence-electron chi connectivity index (χ0n) is 10.3. The highest BCUT2D eigenvalue weighted by molar-refractivity contribution is 5.92. The first-order chi connectivity index (χ1) is 8.51. The molecule has 0 atom stereocenters. The van der Waals surface area contributed by atoms with Crippen LogP contribution in [0.25, 0.3) is 0 Å². The van der Waals surface area contributed by atoms with Crippen LogP contribution >= 0.6 is 0 Å². The van der Waals surface area contributed by atoms with E-state index in [0.717, 1.165) is 25.0 Å². The molecular formula is C12H17N3O3. The topological polar surface area (TPSA) is 95.1 Å². The molecule has 1 aliphatic rings. The number of aryl methyl sites for hydroxylation is 1. The summed E-state index contributed by atoms with van der Waals surface area (Å²) >= 11 is 0. The summed E-state index contributed by atoms with van der Waals surface area (Å²) < 4.78 is 0. The summed E-state index contributed by atoms with van der Waals surface area (Å²) in [5.74, 6) is -1.06. The Morgan fingerprint density at radius 1 is 1.56 bits per heavy atom. The Morgan fingerprint density at radius 2 is 2.28 bits per heavy atom. The number of carbonyl (C=O) groups is 2. The number of aromatic amines is 1. The largest absolute Gasteiger partial charge is 0.481 e. The molecule has 3 N–H and O–H groups in total. The highest BCUT2D eigenvalue weighted by Gasteiger charge is 2.39. The average Bonchev–Trinajstić information content (AvgIpc) is 2.68. The van der Waals surface area contributed by atoms with Crippen LogP contribution in [0.3, 0.4) is 0 Å². The number of carbonyl (C=O) groups excluding carboxylic acids is 1. The number of rotatable bonds is 5. The minimum absolute atomic E-state index is 0.118. The number of H-pyrrole nitrogens is 1. The van der Waals surface area contributed by atoms with Crippen molar-refractivity contribution in [3.8, 4) is 0 Å². The molecule has 1 heterocycles. The van der Waals surface area contributed by atoms with Gasteiger partial charge in [-0.1, -0.05) is 6.42 Å². The SMILES string of the molecule is Cc1cc(C(=O)NCC2(CC(=O)O)CCC2)n[nH]1. The maximum absolute atomic E-state index is 11.8. The fourth-order valence-electron chi connectivity index (χ4n) is 2.31. The van der Waals surface area contributed by atoms with Gasteiger partial charge < -0.3 is 10.4 Å². The highest BCUT2D eigenvalue weighted by Crippen LogP contribution is 2.43. The van der Waals surface area contributed by atoms with Crippen LogP contribution in [0.4, 0.5) is 0 Å². The van der Waals surface area contributed by atoms with Crippen molar-refractivity contribution < 1.29 is 14.7 Å². The van der Waals surface area contributed by atoms with Crippen molar-refractivity contribution >= 4 is 11.9 Å². The molecule has 0 aliphatic heterocycles. The van der Waals surface area contributed by atoms with Crippen molar-refractivity contribution in [3.05, 3.63) is 17.5 Å². The number of hydrogen-bond acceptors (Lipinski definition) is 3. The van der Waals surface area contributed by atoms with Crippen LogP contribution in [0.5, 0.6) is 0 Å². The molecule has 6 nitrogen and oxygen atoms in total. The summed E-state index contributed by atoms with van der Waals surface area (Å²) in [4.78, 5) is 22.6. The first-order valence-electron chi connectivity index (χ1n) is 6.03. The van der Waals surface area contributed by atoms with E-state index in [1.165, 1.54) is 0 Å². The van der Waals surface area contributed by atoms with Gasteiger partial charge in [-0.15, -0.1) is 0 Å². The Bertz CT molecular complexity index is 463. The molecule has 0 saturated heterocycles. The van der Waals surface area contributed by atoms with Crippen LogP contribution in [-0.2, 0) is 4.79 Å². The lowest BCUT2D eigenvalue weighted by atomic mass is 9.66. The molecule has 0 unspecified atom stereocenters. The number of carboxylic acid groups (broad SMARTS) is 1. The van der Waals surface area contributed by atoms with Gasteiger partial charge in [-0.05, 0) is 31.2 Å². The quantitative estimate of drug-likeness (QED) is 0.730. The monoisotopic (exact) mass is 251 g/mol. The molecule has 0 bridgehead atoms. The molecule has 1 aromatic rings. The summed E-state index contributed by atoms with van der Waals surface area (Å²) in [5, 5.41) is 18.2. The number of aromatic nitrogens is 2. The van der Waals surface area contributed by atoms with E-state index in [1.807, 2.05) is 6.92 Å². The second-order valence-electron chi connectivity index (χ2n) is 5.04. The third-order valence-electron chi connectivity index (χ3n) is 3.50. The van der Waals surface area contributed by atoms with Crippen molar-refractivity contribution in [1.82, 2.24) is 15.5 Å². The normalized spacial score (nSPS) is 16.9. The van der Waals surface area contributed by atoms with Gasteiger partial charge in [-0.2, -0.15) is 5.10 Å². The Kier molecular flexibility index (Phi) is 3.36. The van der Waals surface area contributed by atoms with Gasteiger partial charge in [-0.3, -0.25) is 14.7 Å². The fourth-order valence-corrected chi connectivity index (χ4v) is 2.31. The predicted molar refractivity (Wildman–Crippen MR) is 64.2 cm³/mol. The van der Waals surface area contributed by atoms with E-state index in [0.29, 0.717) is 12.2 Å². The van der Waals surface area contributed by atoms with Crippen LogP contribution in [0.1, 0.15) is 41.9 Å². The van der Waals surface area contributed by atoms with E-state index in [9.17, 15) is 9.59 Å². The summed E-state index contributed by atoms with van der Waals surface area (Å²) in [6.45, 7) is 2.23. The third-order valence-corrected chi connectivity index (χ3v) is 3.50. The van der Waals surface area contributed by atoms with Crippen molar-refractivity contribution in [3.63, 3.8) is 0 Å². The first-order valence-corrected chi connectivity index (χ1v) is 6.03. The number of carboxylic acids is 1. The first kappa shape index (κ1) is 12.6. The number of aliphatic carboxylic acids is 1. The smallest absolute Gasteiger partial charge is 0.303 e. The maximum Gasteiger partial charge on any atom is 0.303 e. The minimum Gasteiger partial charge on any atom is -0.481 e. The lowest BCUT2D eigenvalue weighted by molar-refractivity contribution is -0.141. The van der Waals surface area contributed by atoms with Crippen molar-refractivity contribution in [2.75, 3.05) is 6.54 Å². The summed E-state index contributed by atoms with van der Waals surface area (Å²) in [6.07, 6.45) is 2.87. The molecule has 1 aliphatic carbocycles. The van der Waals surface area contributed by atoms with Crippen molar-refractivity contribution in [2.24, 2.45) is 5.41 Å². The lowest BCUT2D eigenvalue weighted by Crippen LogP contribution is -2.43. The predicted octanol–water partition coefficient (Wildman–Crippen LogP) is 1.09. The van der Waals surface area contributed by atoms with E-state index >= 15 is 0 Å². The van der Waals surface area contributed by atoms with E-state index in [4.69, 9.17) is 5.11 Å². The molecule has 1 fully saturated rings. The molecule has 2 rings (SSSR count). The third kappa shape index (κ3) is 2.69. The second kappa shape index (κ2) is 4.80. The lowest BCUT2D eigenvalue weighted by Gasteiger charge is -2.40. The van der Waals surface area contributed by atoms with Gasteiger partial charge in [0, 0.05) is 12.2 Å². The van der Waals surface area contributed by atoms with Gasteiger partial charge in [0.15, 0.2) is 0 Å². The maximum atomic E-state index is 11.8. The van der Waals surface area contributed by atoms with Gasteiger partial charge in [0.1, 0.15) is 5.69 Å². The van der Waals surface area contributed by atoms with Gasteiger partial charge in [-0.25, -0.2) is 0 Å². The van der Waals surface area contributed by atoms with Crippen LogP contribution in [0, 0.1) is 12.3 Å². The molecule has 1 saturated carbocycles. The zero-order valence-corrected chi connectivity index (χ0v) is 10.3. The summed E-state index contributed by atoms with van der Waals surface area (Å²) in [5.41, 5.74) is 0.911. The number of hydrogen-bond donors (Lipinski definition) is 3. The Labute approximate surface area is 105 Å². The van der Waals surface area contributed by atoms with Crippen LogP contribution in [0.15, 0.2) is 6.07 Å².